The molecule has 0 unspecified atom stereocenters. The maximum Gasteiger partial charge on any atom is 0.337 e. The van der Waals surface area contributed by atoms with Gasteiger partial charge in [0, 0.05) is 0 Å². The Morgan fingerprint density at radius 2 is 1.89 bits per heavy atom. The minimum absolute atomic E-state index is 0.282. The summed E-state index contributed by atoms with van der Waals surface area (Å²) in [7, 11) is 0. The molecule has 108 valence electrons. The maximum absolute atomic E-state index is 11.8. The lowest BCUT2D eigenvalue weighted by atomic mass is 9.93. The molecule has 0 bridgehead atoms. The first-order valence-electron chi connectivity index (χ1n) is 6.96. The summed E-state index contributed by atoms with van der Waals surface area (Å²) in [5.41, 5.74) is 0.997. The molecule has 0 fully saturated rings. The fourth-order valence-corrected chi connectivity index (χ4v) is 1.84. The Balaban J connectivity index is 5.00. The van der Waals surface area contributed by atoms with Crippen LogP contribution in [0.3, 0.4) is 0 Å². The summed E-state index contributed by atoms with van der Waals surface area (Å²) >= 11 is 0. The van der Waals surface area contributed by atoms with Crippen LogP contribution in [0, 0.1) is 11.8 Å². The molecule has 0 aromatic carbocycles. The zero-order valence-corrected chi connectivity index (χ0v) is 12.7. The quantitative estimate of drug-likeness (QED) is 0.291. The summed E-state index contributed by atoms with van der Waals surface area (Å²) in [4.78, 5) is 22.5. The molecule has 0 saturated heterocycles. The summed E-state index contributed by atoms with van der Waals surface area (Å²) < 4.78 is 5.01. The van der Waals surface area contributed by atoms with Crippen LogP contribution < -0.4 is 0 Å². The van der Waals surface area contributed by atoms with Gasteiger partial charge in [-0.3, -0.25) is 4.79 Å². The predicted octanol–water partition coefficient (Wildman–Crippen LogP) is 3.69. The van der Waals surface area contributed by atoms with Crippen LogP contribution in [-0.4, -0.2) is 18.9 Å². The monoisotopic (exact) mass is 266 g/mol. The third-order valence-corrected chi connectivity index (χ3v) is 3.02. The van der Waals surface area contributed by atoms with Crippen LogP contribution in [0.1, 0.15) is 47.5 Å². The molecule has 2 atom stereocenters. The van der Waals surface area contributed by atoms with E-state index < -0.39 is 0 Å². The van der Waals surface area contributed by atoms with Gasteiger partial charge in [-0.25, -0.2) is 4.79 Å². The highest BCUT2D eigenvalue weighted by Gasteiger charge is 2.12. The van der Waals surface area contributed by atoms with Crippen molar-refractivity contribution < 1.29 is 14.3 Å². The van der Waals surface area contributed by atoms with Crippen LogP contribution in [0.2, 0.25) is 0 Å². The first kappa shape index (κ1) is 17.6. The second kappa shape index (κ2) is 9.54. The van der Waals surface area contributed by atoms with Crippen molar-refractivity contribution >= 4 is 12.3 Å². The Bertz CT molecular complexity index is 353. The van der Waals surface area contributed by atoms with E-state index in [1.54, 1.807) is 19.9 Å². The summed E-state index contributed by atoms with van der Waals surface area (Å²) in [6, 6.07) is 0. The van der Waals surface area contributed by atoms with Crippen LogP contribution in [0.5, 0.6) is 0 Å². The topological polar surface area (TPSA) is 43.4 Å². The van der Waals surface area contributed by atoms with E-state index in [-0.39, 0.29) is 11.9 Å². The fourth-order valence-electron chi connectivity index (χ4n) is 1.84. The molecular formula is C16H26O3. The second-order valence-electron chi connectivity index (χ2n) is 5.08. The minimum atomic E-state index is -0.361. The minimum Gasteiger partial charge on any atom is -0.462 e. The van der Waals surface area contributed by atoms with E-state index in [4.69, 9.17) is 4.74 Å². The SMILES string of the molecule is CCOC(=O)C(=C\[C@@H](C)C[C@@H](C)CC)/C=C(\C)C=O. The van der Waals surface area contributed by atoms with E-state index in [9.17, 15) is 9.59 Å². The van der Waals surface area contributed by atoms with Gasteiger partial charge in [0.1, 0.15) is 6.29 Å². The number of hydrogen-bond donors (Lipinski definition) is 0. The van der Waals surface area contributed by atoms with Crippen molar-refractivity contribution in [2.75, 3.05) is 6.61 Å². The van der Waals surface area contributed by atoms with Gasteiger partial charge in [0.2, 0.25) is 0 Å². The van der Waals surface area contributed by atoms with Crippen LogP contribution in [-0.2, 0) is 14.3 Å². The van der Waals surface area contributed by atoms with Gasteiger partial charge in [-0.1, -0.05) is 33.3 Å². The molecule has 0 aromatic rings. The lowest BCUT2D eigenvalue weighted by Gasteiger charge is -2.13. The second-order valence-corrected chi connectivity index (χ2v) is 5.08. The fraction of sp³-hybridized carbons (Fsp3) is 0.625. The van der Waals surface area contributed by atoms with Crippen molar-refractivity contribution in [2.24, 2.45) is 11.8 Å². The highest BCUT2D eigenvalue weighted by molar-refractivity contribution is 5.93. The molecule has 0 N–H and O–H groups in total. The smallest absolute Gasteiger partial charge is 0.337 e. The van der Waals surface area contributed by atoms with Gasteiger partial charge < -0.3 is 4.74 Å². The van der Waals surface area contributed by atoms with Crippen LogP contribution >= 0.6 is 0 Å². The molecule has 0 rings (SSSR count). The number of ether oxygens (including phenoxy) is 1. The number of carbonyl (C=O) groups excluding carboxylic acids is 2. The lowest BCUT2D eigenvalue weighted by molar-refractivity contribution is -0.138. The average molecular weight is 266 g/mol. The summed E-state index contributed by atoms with van der Waals surface area (Å²) in [6.45, 7) is 10.2. The number of carbonyl (C=O) groups is 2. The van der Waals surface area contributed by atoms with Crippen molar-refractivity contribution in [3.63, 3.8) is 0 Å². The van der Waals surface area contributed by atoms with E-state index in [0.29, 0.717) is 23.7 Å². The van der Waals surface area contributed by atoms with Crippen LogP contribution in [0.4, 0.5) is 0 Å². The largest absolute Gasteiger partial charge is 0.462 e. The van der Waals surface area contributed by atoms with Gasteiger partial charge in [0.25, 0.3) is 0 Å². The van der Waals surface area contributed by atoms with Gasteiger partial charge in [0.15, 0.2) is 0 Å². The molecule has 0 aromatic heterocycles. The zero-order valence-electron chi connectivity index (χ0n) is 12.7. The van der Waals surface area contributed by atoms with Crippen molar-refractivity contribution in [1.29, 1.82) is 0 Å². The molecule has 0 amide bonds. The molecule has 0 heterocycles. The van der Waals surface area contributed by atoms with Gasteiger partial charge in [-0.2, -0.15) is 0 Å². The van der Waals surface area contributed by atoms with Gasteiger partial charge in [-0.15, -0.1) is 0 Å². The van der Waals surface area contributed by atoms with E-state index in [1.807, 2.05) is 6.08 Å². The van der Waals surface area contributed by atoms with E-state index in [1.165, 1.54) is 0 Å². The first-order valence-corrected chi connectivity index (χ1v) is 6.96. The molecule has 3 nitrogen and oxygen atoms in total. The molecule has 3 heteroatoms. The molecular weight excluding hydrogens is 240 g/mol. The third kappa shape index (κ3) is 7.60. The highest BCUT2D eigenvalue weighted by atomic mass is 16.5. The molecule has 0 radical (unpaired) electrons. The predicted molar refractivity (Wildman–Crippen MR) is 77.8 cm³/mol. The van der Waals surface area contributed by atoms with Crippen molar-refractivity contribution in [3.8, 4) is 0 Å². The van der Waals surface area contributed by atoms with Gasteiger partial charge in [-0.05, 0) is 43.8 Å². The normalized spacial score (nSPS) is 15.8. The molecule has 0 spiro atoms. The summed E-state index contributed by atoms with van der Waals surface area (Å²) in [6.07, 6.45) is 6.38. The molecule has 19 heavy (non-hydrogen) atoms. The number of aldehydes is 1. The Morgan fingerprint density at radius 1 is 1.26 bits per heavy atom. The van der Waals surface area contributed by atoms with Crippen molar-refractivity contribution in [1.82, 2.24) is 0 Å². The Labute approximate surface area is 116 Å². The Kier molecular flexibility index (Phi) is 8.84. The van der Waals surface area contributed by atoms with Crippen molar-refractivity contribution in [2.45, 2.75) is 47.5 Å². The summed E-state index contributed by atoms with van der Waals surface area (Å²) in [5, 5.41) is 0. The number of hydrogen-bond acceptors (Lipinski definition) is 3. The summed E-state index contributed by atoms with van der Waals surface area (Å²) in [5.74, 6) is 0.538. The average Bonchev–Trinajstić information content (AvgIpc) is 2.37. The molecule has 0 aliphatic heterocycles. The Morgan fingerprint density at radius 3 is 2.37 bits per heavy atom. The maximum atomic E-state index is 11.8. The zero-order chi connectivity index (χ0) is 14.8. The standard InChI is InChI=1S/C16H26O3/c1-6-12(3)8-13(4)9-15(10-14(5)11-17)16(18)19-7-2/h9-13H,6-8H2,1-5H3/b14-10+,15-9-/t12-,13-/m0/s1. The van der Waals surface area contributed by atoms with E-state index in [0.717, 1.165) is 19.1 Å². The van der Waals surface area contributed by atoms with E-state index >= 15 is 0 Å². The van der Waals surface area contributed by atoms with Gasteiger partial charge in [0.05, 0.1) is 12.2 Å². The van der Waals surface area contributed by atoms with Crippen LogP contribution in [0.25, 0.3) is 0 Å². The Hall–Kier alpha value is -1.38. The highest BCUT2D eigenvalue weighted by Crippen LogP contribution is 2.18. The molecule has 0 saturated carbocycles. The van der Waals surface area contributed by atoms with E-state index in [2.05, 4.69) is 20.8 Å². The van der Waals surface area contributed by atoms with Crippen molar-refractivity contribution in [3.05, 3.63) is 23.3 Å². The van der Waals surface area contributed by atoms with Gasteiger partial charge >= 0.3 is 5.97 Å². The first-order chi connectivity index (χ1) is 8.94. The number of rotatable bonds is 8. The lowest BCUT2D eigenvalue weighted by Crippen LogP contribution is -2.09. The number of allylic oxidation sites excluding steroid dienone is 2. The molecule has 0 aliphatic carbocycles. The third-order valence-electron chi connectivity index (χ3n) is 3.02. The number of esters is 1. The van der Waals surface area contributed by atoms with Crippen LogP contribution in [0.15, 0.2) is 23.3 Å². The molecule has 0 aliphatic rings.